The van der Waals surface area contributed by atoms with E-state index in [1.54, 1.807) is 11.0 Å². The summed E-state index contributed by atoms with van der Waals surface area (Å²) in [5, 5.41) is 9.02. The van der Waals surface area contributed by atoms with Gasteiger partial charge >= 0.3 is 0 Å². The lowest BCUT2D eigenvalue weighted by Crippen LogP contribution is -2.28. The van der Waals surface area contributed by atoms with Gasteiger partial charge in [0.15, 0.2) is 5.76 Å². The molecule has 0 radical (unpaired) electrons. The maximum Gasteiger partial charge on any atom is 0.289 e. The smallest absolute Gasteiger partial charge is 0.289 e. The number of carbonyl (C=O) groups is 1. The third-order valence-electron chi connectivity index (χ3n) is 3.05. The van der Waals surface area contributed by atoms with Gasteiger partial charge in [0.25, 0.3) is 5.91 Å². The van der Waals surface area contributed by atoms with Gasteiger partial charge in [-0.25, -0.2) is 0 Å². The van der Waals surface area contributed by atoms with Gasteiger partial charge < -0.3 is 14.4 Å². The highest BCUT2D eigenvalue weighted by atomic mass is 16.4. The molecule has 1 fully saturated rings. The molecule has 1 N–H and O–H groups in total. The first-order valence-electron chi connectivity index (χ1n) is 5.73. The van der Waals surface area contributed by atoms with Crippen molar-refractivity contribution < 1.29 is 14.3 Å². The van der Waals surface area contributed by atoms with Crippen LogP contribution in [0.2, 0.25) is 0 Å². The predicted octanol–water partition coefficient (Wildman–Crippen LogP) is 1.30. The number of hydrogen-bond donors (Lipinski definition) is 1. The Morgan fingerprint density at radius 3 is 3.00 bits per heavy atom. The summed E-state index contributed by atoms with van der Waals surface area (Å²) in [4.78, 5) is 13.7. The van der Waals surface area contributed by atoms with E-state index in [1.165, 1.54) is 0 Å². The van der Waals surface area contributed by atoms with Crippen molar-refractivity contribution in [3.05, 3.63) is 23.7 Å². The monoisotopic (exact) mass is 223 g/mol. The van der Waals surface area contributed by atoms with Gasteiger partial charge in [0.2, 0.25) is 0 Å². The molecule has 88 valence electrons. The Morgan fingerprint density at radius 2 is 2.44 bits per heavy atom. The zero-order valence-corrected chi connectivity index (χ0v) is 9.48. The van der Waals surface area contributed by atoms with Gasteiger partial charge in [-0.1, -0.05) is 6.92 Å². The molecule has 4 heteroatoms. The van der Waals surface area contributed by atoms with Gasteiger partial charge in [0, 0.05) is 32.0 Å². The quantitative estimate of drug-likeness (QED) is 0.840. The lowest BCUT2D eigenvalue weighted by molar-refractivity contribution is 0.0748. The van der Waals surface area contributed by atoms with Crippen molar-refractivity contribution in [1.29, 1.82) is 0 Å². The lowest BCUT2D eigenvalue weighted by Gasteiger charge is -2.14. The number of aliphatic hydroxyl groups excluding tert-OH is 1. The van der Waals surface area contributed by atoms with E-state index >= 15 is 0 Å². The summed E-state index contributed by atoms with van der Waals surface area (Å²) < 4.78 is 5.42. The van der Waals surface area contributed by atoms with E-state index in [1.807, 2.05) is 13.0 Å². The second-order valence-corrected chi connectivity index (χ2v) is 4.21. The maximum absolute atomic E-state index is 12.0. The molecule has 0 saturated carbocycles. The van der Waals surface area contributed by atoms with Crippen LogP contribution in [0.25, 0.3) is 0 Å². The van der Waals surface area contributed by atoms with Crippen molar-refractivity contribution >= 4 is 5.91 Å². The van der Waals surface area contributed by atoms with E-state index in [0.717, 1.165) is 18.6 Å². The lowest BCUT2D eigenvalue weighted by atomic mass is 10.1. The van der Waals surface area contributed by atoms with E-state index in [-0.39, 0.29) is 18.4 Å². The molecule has 1 aromatic heterocycles. The molecular weight excluding hydrogens is 206 g/mol. The summed E-state index contributed by atoms with van der Waals surface area (Å²) in [6, 6.07) is 3.57. The zero-order valence-electron chi connectivity index (χ0n) is 9.48. The van der Waals surface area contributed by atoms with Gasteiger partial charge in [-0.3, -0.25) is 4.79 Å². The molecule has 16 heavy (non-hydrogen) atoms. The molecule has 0 aromatic carbocycles. The van der Waals surface area contributed by atoms with Gasteiger partial charge in [-0.15, -0.1) is 0 Å². The maximum atomic E-state index is 12.0. The molecule has 1 saturated heterocycles. The topological polar surface area (TPSA) is 53.7 Å². The Morgan fingerprint density at radius 1 is 1.62 bits per heavy atom. The van der Waals surface area contributed by atoms with Crippen LogP contribution in [0.5, 0.6) is 0 Å². The number of rotatable bonds is 3. The third-order valence-corrected chi connectivity index (χ3v) is 3.05. The van der Waals surface area contributed by atoms with Crippen molar-refractivity contribution in [3.8, 4) is 0 Å². The Balaban J connectivity index is 2.02. The van der Waals surface area contributed by atoms with E-state index in [2.05, 4.69) is 0 Å². The summed E-state index contributed by atoms with van der Waals surface area (Å²) in [5.74, 6) is 1.41. The summed E-state index contributed by atoms with van der Waals surface area (Å²) in [7, 11) is 0. The van der Waals surface area contributed by atoms with Crippen LogP contribution in [0.4, 0.5) is 0 Å². The largest absolute Gasteiger partial charge is 0.456 e. The number of hydrogen-bond acceptors (Lipinski definition) is 3. The highest BCUT2D eigenvalue weighted by Gasteiger charge is 2.27. The average molecular weight is 223 g/mol. The van der Waals surface area contributed by atoms with Crippen molar-refractivity contribution in [2.45, 2.75) is 19.8 Å². The fourth-order valence-electron chi connectivity index (χ4n) is 2.00. The van der Waals surface area contributed by atoms with E-state index in [9.17, 15) is 4.79 Å². The first-order chi connectivity index (χ1) is 7.74. The Hall–Kier alpha value is -1.29. The first kappa shape index (κ1) is 11.2. The van der Waals surface area contributed by atoms with Crippen LogP contribution in [0, 0.1) is 5.92 Å². The van der Waals surface area contributed by atoms with Crippen LogP contribution >= 0.6 is 0 Å². The van der Waals surface area contributed by atoms with Crippen LogP contribution < -0.4 is 0 Å². The van der Waals surface area contributed by atoms with Crippen LogP contribution in [0.3, 0.4) is 0 Å². The number of aliphatic hydroxyl groups is 1. The molecule has 4 nitrogen and oxygen atoms in total. The summed E-state index contributed by atoms with van der Waals surface area (Å²) in [6.45, 7) is 3.50. The number of likely N-dealkylation sites (tertiary alicyclic amines) is 1. The van der Waals surface area contributed by atoms with Crippen molar-refractivity contribution in [1.82, 2.24) is 4.90 Å². The minimum atomic E-state index is -0.0596. The summed E-state index contributed by atoms with van der Waals surface area (Å²) in [5.41, 5.74) is 0. The van der Waals surface area contributed by atoms with Crippen LogP contribution in [-0.4, -0.2) is 35.6 Å². The normalized spacial score (nSPS) is 20.4. The minimum absolute atomic E-state index is 0.0596. The summed E-state index contributed by atoms with van der Waals surface area (Å²) in [6.07, 6.45) is 1.68. The molecule has 1 amide bonds. The van der Waals surface area contributed by atoms with Crippen LogP contribution in [0.1, 0.15) is 29.7 Å². The van der Waals surface area contributed by atoms with Crippen molar-refractivity contribution in [2.75, 3.05) is 19.7 Å². The van der Waals surface area contributed by atoms with Gasteiger partial charge in [-0.2, -0.15) is 0 Å². The molecule has 1 atom stereocenters. The number of nitrogens with zero attached hydrogens (tertiary/aromatic N) is 1. The Kier molecular flexibility index (Phi) is 3.29. The highest BCUT2D eigenvalue weighted by Crippen LogP contribution is 2.19. The van der Waals surface area contributed by atoms with Gasteiger partial charge in [-0.05, 0) is 18.6 Å². The average Bonchev–Trinajstić information content (AvgIpc) is 2.97. The zero-order chi connectivity index (χ0) is 11.5. The molecule has 2 heterocycles. The first-order valence-corrected chi connectivity index (χ1v) is 5.73. The molecule has 1 aromatic rings. The van der Waals surface area contributed by atoms with E-state index in [4.69, 9.17) is 9.52 Å². The molecule has 1 aliphatic heterocycles. The SMILES string of the molecule is CCc1ccc(C(=O)N2CCC(CO)C2)o1. The molecule has 1 unspecified atom stereocenters. The van der Waals surface area contributed by atoms with Crippen molar-refractivity contribution in [3.63, 3.8) is 0 Å². The van der Waals surface area contributed by atoms with Crippen LogP contribution in [-0.2, 0) is 6.42 Å². The number of furan rings is 1. The van der Waals surface area contributed by atoms with Crippen molar-refractivity contribution in [2.24, 2.45) is 5.92 Å². The van der Waals surface area contributed by atoms with Gasteiger partial charge in [0.05, 0.1) is 0 Å². The molecule has 1 aliphatic rings. The highest BCUT2D eigenvalue weighted by molar-refractivity contribution is 5.91. The van der Waals surface area contributed by atoms with E-state index in [0.29, 0.717) is 18.8 Å². The fourth-order valence-corrected chi connectivity index (χ4v) is 2.00. The fraction of sp³-hybridized carbons (Fsp3) is 0.583. The predicted molar refractivity (Wildman–Crippen MR) is 59.2 cm³/mol. The standard InChI is InChI=1S/C12H17NO3/c1-2-10-3-4-11(16-10)12(15)13-6-5-9(7-13)8-14/h3-4,9,14H,2,5-8H2,1H3. The minimum Gasteiger partial charge on any atom is -0.456 e. The second kappa shape index (κ2) is 4.70. The molecule has 0 aliphatic carbocycles. The van der Waals surface area contributed by atoms with Gasteiger partial charge in [0.1, 0.15) is 5.76 Å². The molecule has 2 rings (SSSR count). The molecule has 0 bridgehead atoms. The molecule has 0 spiro atoms. The Labute approximate surface area is 94.9 Å². The van der Waals surface area contributed by atoms with Crippen LogP contribution in [0.15, 0.2) is 16.5 Å². The molecular formula is C12H17NO3. The number of amides is 1. The van der Waals surface area contributed by atoms with E-state index < -0.39 is 0 Å². The Bertz CT molecular complexity index is 372. The number of carbonyl (C=O) groups excluding carboxylic acids is 1. The second-order valence-electron chi connectivity index (χ2n) is 4.21. The third kappa shape index (κ3) is 2.11. The summed E-state index contributed by atoms with van der Waals surface area (Å²) >= 11 is 0. The number of aryl methyl sites for hydroxylation is 1.